The van der Waals surface area contributed by atoms with Crippen LogP contribution in [0.2, 0.25) is 5.02 Å². The number of benzene rings is 4. The molecule has 4 rings (SSSR count). The first-order chi connectivity index (χ1) is 19.1. The number of nitrogens with zero attached hydrogens (tertiary/aromatic N) is 2. The third-order valence-electron chi connectivity index (χ3n) is 5.94. The van der Waals surface area contributed by atoms with Crippen molar-refractivity contribution in [1.82, 2.24) is 5.43 Å². The van der Waals surface area contributed by atoms with E-state index in [4.69, 9.17) is 11.6 Å². The van der Waals surface area contributed by atoms with E-state index in [9.17, 15) is 18.0 Å². The van der Waals surface area contributed by atoms with E-state index in [-0.39, 0.29) is 12.5 Å². The Morgan fingerprint density at radius 1 is 0.800 bits per heavy atom. The Hall–Kier alpha value is -4.47. The maximum absolute atomic E-state index is 12.7. The van der Waals surface area contributed by atoms with Gasteiger partial charge in [-0.2, -0.15) is 5.10 Å². The predicted octanol–water partition coefficient (Wildman–Crippen LogP) is 5.71. The molecule has 0 saturated heterocycles. The summed E-state index contributed by atoms with van der Waals surface area (Å²) < 4.78 is 26.2. The highest BCUT2D eigenvalue weighted by Gasteiger charge is 2.18. The molecule has 0 bridgehead atoms. The van der Waals surface area contributed by atoms with E-state index in [0.29, 0.717) is 38.8 Å². The van der Waals surface area contributed by atoms with Gasteiger partial charge in [0.15, 0.2) is 0 Å². The van der Waals surface area contributed by atoms with Gasteiger partial charge in [0.2, 0.25) is 10.0 Å². The summed E-state index contributed by atoms with van der Waals surface area (Å²) in [6.45, 7) is 1.90. The lowest BCUT2D eigenvalue weighted by Crippen LogP contribution is -2.29. The van der Waals surface area contributed by atoms with Crippen molar-refractivity contribution in [1.29, 1.82) is 0 Å². The Labute approximate surface area is 238 Å². The van der Waals surface area contributed by atoms with Crippen molar-refractivity contribution in [2.45, 2.75) is 13.5 Å². The largest absolute Gasteiger partial charge is 0.322 e. The molecular formula is C30H27ClN4O4S. The maximum atomic E-state index is 12.7. The highest BCUT2D eigenvalue weighted by molar-refractivity contribution is 7.92. The number of nitrogens with one attached hydrogen (secondary N) is 2. The van der Waals surface area contributed by atoms with E-state index in [1.807, 2.05) is 30.3 Å². The van der Waals surface area contributed by atoms with Crippen LogP contribution in [0.15, 0.2) is 108 Å². The standard InChI is InChI=1S/C30H27ClN4O4S/c1-21(24-10-7-13-27(19-24)32-29(36)25-11-6-12-26(31)18-25)33-34-30(37)23-14-16-28(17-15-23)35(40(2,38)39)20-22-8-4-3-5-9-22/h3-19H,20H2,1-2H3,(H,32,36)(H,34,37)/b33-21-. The lowest BCUT2D eigenvalue weighted by Gasteiger charge is -2.22. The monoisotopic (exact) mass is 574 g/mol. The second kappa shape index (κ2) is 12.6. The minimum Gasteiger partial charge on any atom is -0.322 e. The van der Waals surface area contributed by atoms with Crippen LogP contribution in [0, 0.1) is 0 Å². The molecule has 0 heterocycles. The molecule has 0 aromatic heterocycles. The summed E-state index contributed by atoms with van der Waals surface area (Å²) in [5, 5.41) is 7.49. The Balaban J connectivity index is 1.42. The molecule has 0 radical (unpaired) electrons. The fraction of sp³-hybridized carbons (Fsp3) is 0.100. The van der Waals surface area contributed by atoms with Gasteiger partial charge in [-0.15, -0.1) is 0 Å². The first-order valence-corrected chi connectivity index (χ1v) is 14.5. The molecular weight excluding hydrogens is 548 g/mol. The molecule has 4 aromatic rings. The molecule has 204 valence electrons. The van der Waals surface area contributed by atoms with Crippen LogP contribution in [0.5, 0.6) is 0 Å². The first kappa shape index (κ1) is 28.5. The molecule has 10 heteroatoms. The highest BCUT2D eigenvalue weighted by atomic mass is 35.5. The van der Waals surface area contributed by atoms with Crippen molar-refractivity contribution < 1.29 is 18.0 Å². The minimum absolute atomic E-state index is 0.174. The molecule has 2 N–H and O–H groups in total. The van der Waals surface area contributed by atoms with E-state index in [1.54, 1.807) is 79.7 Å². The molecule has 0 atom stereocenters. The van der Waals surface area contributed by atoms with Crippen LogP contribution in [-0.2, 0) is 16.6 Å². The molecule has 0 fully saturated rings. The fourth-order valence-corrected chi connectivity index (χ4v) is 4.93. The number of anilines is 2. The molecule has 0 saturated carbocycles. The summed E-state index contributed by atoms with van der Waals surface area (Å²) in [6, 6.07) is 29.2. The SMILES string of the molecule is C/C(=N/NC(=O)c1ccc(N(Cc2ccccc2)S(C)(=O)=O)cc1)c1cccc(NC(=O)c2cccc(Cl)c2)c1. The molecule has 0 spiro atoms. The highest BCUT2D eigenvalue weighted by Crippen LogP contribution is 2.21. The van der Waals surface area contributed by atoms with E-state index in [0.717, 1.165) is 11.8 Å². The van der Waals surface area contributed by atoms with Gasteiger partial charge >= 0.3 is 0 Å². The average molecular weight is 575 g/mol. The zero-order valence-electron chi connectivity index (χ0n) is 21.8. The normalized spacial score (nSPS) is 11.5. The quantitative estimate of drug-likeness (QED) is 0.197. The third kappa shape index (κ3) is 7.56. The van der Waals surface area contributed by atoms with Crippen molar-refractivity contribution in [3.8, 4) is 0 Å². The van der Waals surface area contributed by atoms with Gasteiger partial charge in [-0.25, -0.2) is 13.8 Å². The number of hydrazone groups is 1. The van der Waals surface area contributed by atoms with Crippen LogP contribution in [-0.4, -0.2) is 32.2 Å². The number of amides is 2. The van der Waals surface area contributed by atoms with Gasteiger partial charge < -0.3 is 5.32 Å². The zero-order valence-corrected chi connectivity index (χ0v) is 23.4. The van der Waals surface area contributed by atoms with Crippen molar-refractivity contribution in [3.63, 3.8) is 0 Å². The Bertz CT molecular complexity index is 1660. The number of hydrogen-bond acceptors (Lipinski definition) is 5. The summed E-state index contributed by atoms with van der Waals surface area (Å²) >= 11 is 5.98. The van der Waals surface area contributed by atoms with Crippen molar-refractivity contribution >= 4 is 50.5 Å². The van der Waals surface area contributed by atoms with Crippen LogP contribution >= 0.6 is 11.6 Å². The molecule has 0 aliphatic carbocycles. The fourth-order valence-electron chi connectivity index (χ4n) is 3.85. The summed E-state index contributed by atoms with van der Waals surface area (Å²) in [6.07, 6.45) is 1.14. The Morgan fingerprint density at radius 3 is 2.15 bits per heavy atom. The number of halogens is 1. The number of carbonyl (C=O) groups excluding carboxylic acids is 2. The van der Waals surface area contributed by atoms with E-state index in [2.05, 4.69) is 15.8 Å². The number of rotatable bonds is 9. The van der Waals surface area contributed by atoms with Crippen molar-refractivity contribution in [3.05, 3.63) is 130 Å². The van der Waals surface area contributed by atoms with Crippen molar-refractivity contribution in [2.24, 2.45) is 5.10 Å². The molecule has 0 aliphatic rings. The van der Waals surface area contributed by atoms with Crippen LogP contribution in [0.3, 0.4) is 0 Å². The van der Waals surface area contributed by atoms with Gasteiger partial charge in [0, 0.05) is 21.8 Å². The van der Waals surface area contributed by atoms with Gasteiger partial charge in [0.05, 0.1) is 24.2 Å². The minimum atomic E-state index is -3.55. The lowest BCUT2D eigenvalue weighted by atomic mass is 10.1. The number of sulfonamides is 1. The molecule has 0 unspecified atom stereocenters. The maximum Gasteiger partial charge on any atom is 0.271 e. The van der Waals surface area contributed by atoms with E-state index < -0.39 is 15.9 Å². The zero-order chi connectivity index (χ0) is 28.7. The number of carbonyl (C=O) groups is 2. The van der Waals surface area contributed by atoms with Gasteiger partial charge in [0.1, 0.15) is 0 Å². The smallest absolute Gasteiger partial charge is 0.271 e. The molecule has 4 aromatic carbocycles. The van der Waals surface area contributed by atoms with Gasteiger partial charge in [0.25, 0.3) is 11.8 Å². The van der Waals surface area contributed by atoms with Crippen LogP contribution in [0.4, 0.5) is 11.4 Å². The molecule has 2 amide bonds. The average Bonchev–Trinajstić information content (AvgIpc) is 2.94. The predicted molar refractivity (Wildman–Crippen MR) is 159 cm³/mol. The van der Waals surface area contributed by atoms with E-state index in [1.165, 1.54) is 4.31 Å². The van der Waals surface area contributed by atoms with Crippen LogP contribution in [0.25, 0.3) is 0 Å². The first-order valence-electron chi connectivity index (χ1n) is 12.2. The molecule has 8 nitrogen and oxygen atoms in total. The topological polar surface area (TPSA) is 108 Å². The summed E-state index contributed by atoms with van der Waals surface area (Å²) in [5.74, 6) is -0.755. The summed E-state index contributed by atoms with van der Waals surface area (Å²) in [7, 11) is -3.55. The Kier molecular flexibility index (Phi) is 8.98. The van der Waals surface area contributed by atoms with E-state index >= 15 is 0 Å². The van der Waals surface area contributed by atoms with Gasteiger partial charge in [-0.05, 0) is 72.6 Å². The number of hydrogen-bond donors (Lipinski definition) is 2. The summed E-state index contributed by atoms with van der Waals surface area (Å²) in [4.78, 5) is 25.3. The van der Waals surface area contributed by atoms with Crippen LogP contribution < -0.4 is 15.0 Å². The molecule has 40 heavy (non-hydrogen) atoms. The molecule has 0 aliphatic heterocycles. The Morgan fingerprint density at radius 2 is 1.48 bits per heavy atom. The van der Waals surface area contributed by atoms with Gasteiger partial charge in [-0.3, -0.25) is 13.9 Å². The lowest BCUT2D eigenvalue weighted by molar-refractivity contribution is 0.0954. The van der Waals surface area contributed by atoms with Crippen LogP contribution in [0.1, 0.15) is 38.8 Å². The summed E-state index contributed by atoms with van der Waals surface area (Å²) in [5.41, 5.74) is 6.34. The second-order valence-electron chi connectivity index (χ2n) is 8.99. The van der Waals surface area contributed by atoms with Crippen molar-refractivity contribution in [2.75, 3.05) is 15.9 Å². The second-order valence-corrected chi connectivity index (χ2v) is 11.3. The third-order valence-corrected chi connectivity index (χ3v) is 7.31. The van der Waals surface area contributed by atoms with Gasteiger partial charge in [-0.1, -0.05) is 60.1 Å².